The van der Waals surface area contributed by atoms with E-state index in [-0.39, 0.29) is 6.54 Å². The summed E-state index contributed by atoms with van der Waals surface area (Å²) in [5.41, 5.74) is -1.51. The van der Waals surface area contributed by atoms with E-state index in [0.29, 0.717) is 25.5 Å². The molecule has 0 atom stereocenters. The van der Waals surface area contributed by atoms with Crippen molar-refractivity contribution in [3.05, 3.63) is 34.6 Å². The number of carbonyl (C=O) groups excluding carboxylic acids is 1. The molecule has 0 aliphatic rings. The molecule has 0 unspecified atom stereocenters. The van der Waals surface area contributed by atoms with Crippen molar-refractivity contribution in [1.29, 1.82) is 0 Å². The van der Waals surface area contributed by atoms with Gasteiger partial charge in [0.2, 0.25) is 5.82 Å². The molecule has 0 aliphatic carbocycles. The number of hydrogen-bond acceptors (Lipinski definition) is 4. The normalized spacial score (nSPS) is 11.7. The molecule has 0 saturated heterocycles. The maximum atomic E-state index is 13.5. The quantitative estimate of drug-likeness (QED) is 0.215. The standard InChI is InChI=1S/C15H20F5NO4Si/c1-4-25-26(23-2,24-3)8-6-5-7-21-15(22)9-10(16)12(18)14(20)13(19)11(9)17/h4-8H2,1-3H3,(H,21,22). The lowest BCUT2D eigenvalue weighted by molar-refractivity contribution is 0.0941. The first-order valence-corrected chi connectivity index (χ1v) is 9.71. The summed E-state index contributed by atoms with van der Waals surface area (Å²) >= 11 is 0. The van der Waals surface area contributed by atoms with Crippen molar-refractivity contribution < 1.29 is 40.0 Å². The monoisotopic (exact) mass is 401 g/mol. The first kappa shape index (κ1) is 22.5. The fourth-order valence-electron chi connectivity index (χ4n) is 2.26. The maximum Gasteiger partial charge on any atom is 0.500 e. The molecule has 0 spiro atoms. The lowest BCUT2D eigenvalue weighted by atomic mass is 10.1. The first-order chi connectivity index (χ1) is 12.2. The SMILES string of the molecule is CCO[Si](CCCCNC(=O)c1c(F)c(F)c(F)c(F)c1F)(OC)OC. The number of benzene rings is 1. The predicted molar refractivity (Wildman–Crippen MR) is 84.0 cm³/mol. The number of halogens is 5. The van der Waals surface area contributed by atoms with Gasteiger partial charge in [-0.3, -0.25) is 4.79 Å². The Labute approximate surface area is 148 Å². The molecule has 1 rings (SSSR count). The summed E-state index contributed by atoms with van der Waals surface area (Å²) in [6.07, 6.45) is 0.848. The Morgan fingerprint density at radius 1 is 0.923 bits per heavy atom. The van der Waals surface area contributed by atoms with Gasteiger partial charge in [0.05, 0.1) is 0 Å². The average molecular weight is 401 g/mol. The highest BCUT2D eigenvalue weighted by Crippen LogP contribution is 2.23. The van der Waals surface area contributed by atoms with E-state index in [1.165, 1.54) is 14.2 Å². The van der Waals surface area contributed by atoms with Gasteiger partial charge >= 0.3 is 8.80 Å². The van der Waals surface area contributed by atoms with Crippen LogP contribution in [0.1, 0.15) is 30.1 Å². The molecule has 11 heteroatoms. The summed E-state index contributed by atoms with van der Waals surface area (Å²) < 4.78 is 82.3. The smallest absolute Gasteiger partial charge is 0.377 e. The van der Waals surface area contributed by atoms with Gasteiger partial charge in [0.1, 0.15) is 5.56 Å². The Morgan fingerprint density at radius 2 is 1.42 bits per heavy atom. The average Bonchev–Trinajstić information content (AvgIpc) is 2.63. The van der Waals surface area contributed by atoms with E-state index in [9.17, 15) is 26.7 Å². The van der Waals surface area contributed by atoms with Crippen LogP contribution in [0.2, 0.25) is 6.04 Å². The molecule has 0 bridgehead atoms. The van der Waals surface area contributed by atoms with E-state index < -0.39 is 49.4 Å². The zero-order valence-corrected chi connectivity index (χ0v) is 15.6. The Bertz CT molecular complexity index is 614. The van der Waals surface area contributed by atoms with Gasteiger partial charge in [0.15, 0.2) is 23.3 Å². The predicted octanol–water partition coefficient (Wildman–Crippen LogP) is 3.16. The van der Waals surface area contributed by atoms with Crippen LogP contribution in [-0.4, -0.2) is 42.1 Å². The van der Waals surface area contributed by atoms with E-state index in [1.54, 1.807) is 6.92 Å². The molecule has 26 heavy (non-hydrogen) atoms. The Hall–Kier alpha value is -1.56. The number of rotatable bonds is 10. The summed E-state index contributed by atoms with van der Waals surface area (Å²) in [6.45, 7) is 2.14. The largest absolute Gasteiger partial charge is 0.500 e. The number of amides is 1. The van der Waals surface area contributed by atoms with Crippen LogP contribution in [0.4, 0.5) is 22.0 Å². The molecule has 0 heterocycles. The third kappa shape index (κ3) is 4.99. The van der Waals surface area contributed by atoms with Gasteiger partial charge in [-0.25, -0.2) is 22.0 Å². The highest BCUT2D eigenvalue weighted by atomic mass is 28.4. The van der Waals surface area contributed by atoms with Crippen LogP contribution in [-0.2, 0) is 13.3 Å². The molecule has 0 fully saturated rings. The highest BCUT2D eigenvalue weighted by molar-refractivity contribution is 6.60. The summed E-state index contributed by atoms with van der Waals surface area (Å²) in [7, 11) is 0.112. The molecular weight excluding hydrogens is 381 g/mol. The van der Waals surface area contributed by atoms with E-state index in [0.717, 1.165) is 0 Å². The Morgan fingerprint density at radius 3 is 1.88 bits per heavy atom. The van der Waals surface area contributed by atoms with Crippen molar-refractivity contribution in [2.75, 3.05) is 27.4 Å². The highest BCUT2D eigenvalue weighted by Gasteiger charge is 2.37. The van der Waals surface area contributed by atoms with Crippen LogP contribution in [0.25, 0.3) is 0 Å². The molecule has 0 radical (unpaired) electrons. The number of hydrogen-bond donors (Lipinski definition) is 1. The molecule has 1 aromatic carbocycles. The molecule has 0 saturated carbocycles. The first-order valence-electron chi connectivity index (χ1n) is 7.78. The molecular formula is C15H20F5NO4Si. The van der Waals surface area contributed by atoms with Crippen molar-refractivity contribution in [2.24, 2.45) is 0 Å². The van der Waals surface area contributed by atoms with Gasteiger partial charge < -0.3 is 18.6 Å². The second kappa shape index (κ2) is 9.95. The minimum atomic E-state index is -2.80. The van der Waals surface area contributed by atoms with Gasteiger partial charge in [-0.15, -0.1) is 0 Å². The fourth-order valence-corrected chi connectivity index (χ4v) is 4.34. The van der Waals surface area contributed by atoms with E-state index in [4.69, 9.17) is 13.3 Å². The summed E-state index contributed by atoms with van der Waals surface area (Å²) in [5.74, 6) is -12.4. The van der Waals surface area contributed by atoms with E-state index in [2.05, 4.69) is 5.32 Å². The van der Waals surface area contributed by atoms with Crippen molar-refractivity contribution in [1.82, 2.24) is 5.32 Å². The second-order valence-corrected chi connectivity index (χ2v) is 8.15. The van der Waals surface area contributed by atoms with E-state index >= 15 is 0 Å². The summed E-state index contributed by atoms with van der Waals surface area (Å²) in [5, 5.41) is 2.13. The molecule has 0 aromatic heterocycles. The molecule has 0 aliphatic heterocycles. The molecule has 1 aromatic rings. The van der Waals surface area contributed by atoms with Crippen LogP contribution in [0.5, 0.6) is 0 Å². The molecule has 1 amide bonds. The Kier molecular flexibility index (Phi) is 8.60. The van der Waals surface area contributed by atoms with Crippen LogP contribution < -0.4 is 5.32 Å². The summed E-state index contributed by atoms with van der Waals surface area (Å²) in [4.78, 5) is 11.8. The van der Waals surface area contributed by atoms with Gasteiger partial charge in [-0.1, -0.05) is 0 Å². The van der Waals surface area contributed by atoms with Gasteiger partial charge in [0, 0.05) is 33.4 Å². The zero-order valence-electron chi connectivity index (χ0n) is 14.6. The summed E-state index contributed by atoms with van der Waals surface area (Å²) in [6, 6.07) is 0.437. The minimum absolute atomic E-state index is 0.0393. The zero-order chi connectivity index (χ0) is 19.9. The van der Waals surface area contributed by atoms with Gasteiger partial charge in [-0.2, -0.15) is 0 Å². The van der Waals surface area contributed by atoms with Crippen molar-refractivity contribution in [2.45, 2.75) is 25.8 Å². The number of unbranched alkanes of at least 4 members (excludes halogenated alkanes) is 1. The molecule has 1 N–H and O–H groups in total. The minimum Gasteiger partial charge on any atom is -0.377 e. The van der Waals surface area contributed by atoms with Gasteiger partial charge in [-0.05, 0) is 19.8 Å². The topological polar surface area (TPSA) is 56.8 Å². The van der Waals surface area contributed by atoms with Crippen LogP contribution in [0, 0.1) is 29.1 Å². The number of nitrogens with one attached hydrogen (secondary N) is 1. The van der Waals surface area contributed by atoms with Crippen molar-refractivity contribution >= 4 is 14.7 Å². The Balaban J connectivity index is 2.64. The molecule has 5 nitrogen and oxygen atoms in total. The maximum absolute atomic E-state index is 13.5. The lowest BCUT2D eigenvalue weighted by Crippen LogP contribution is -2.43. The third-order valence-electron chi connectivity index (χ3n) is 3.62. The molecule has 148 valence electrons. The van der Waals surface area contributed by atoms with Crippen LogP contribution in [0.15, 0.2) is 0 Å². The lowest BCUT2D eigenvalue weighted by Gasteiger charge is -2.25. The van der Waals surface area contributed by atoms with Gasteiger partial charge in [0.25, 0.3) is 5.91 Å². The third-order valence-corrected chi connectivity index (χ3v) is 6.56. The van der Waals surface area contributed by atoms with Crippen LogP contribution in [0.3, 0.4) is 0 Å². The van der Waals surface area contributed by atoms with Crippen molar-refractivity contribution in [3.63, 3.8) is 0 Å². The second-order valence-electron chi connectivity index (χ2n) is 5.18. The van der Waals surface area contributed by atoms with Crippen LogP contribution >= 0.6 is 0 Å². The number of carbonyl (C=O) groups is 1. The van der Waals surface area contributed by atoms with E-state index in [1.807, 2.05) is 0 Å². The van der Waals surface area contributed by atoms with Crippen molar-refractivity contribution in [3.8, 4) is 0 Å². The fraction of sp³-hybridized carbons (Fsp3) is 0.533.